The van der Waals surface area contributed by atoms with Gasteiger partial charge in [-0.15, -0.1) is 0 Å². The van der Waals surface area contributed by atoms with Crippen LogP contribution >= 0.6 is 0 Å². The Morgan fingerprint density at radius 3 is 2.64 bits per heavy atom. The van der Waals surface area contributed by atoms with Gasteiger partial charge in [-0.2, -0.15) is 0 Å². The summed E-state index contributed by atoms with van der Waals surface area (Å²) >= 11 is 0. The smallest absolute Gasteiger partial charge is 0.339 e. The van der Waals surface area contributed by atoms with Gasteiger partial charge in [0.1, 0.15) is 11.3 Å². The van der Waals surface area contributed by atoms with Gasteiger partial charge in [0.25, 0.3) is 0 Å². The largest absolute Gasteiger partial charge is 0.426 e. The van der Waals surface area contributed by atoms with Crippen LogP contribution in [-0.2, 0) is 17.6 Å². The zero-order valence-electron chi connectivity index (χ0n) is 12.6. The van der Waals surface area contributed by atoms with E-state index in [1.807, 2.05) is 19.1 Å². The summed E-state index contributed by atoms with van der Waals surface area (Å²) in [6.07, 6.45) is 5.47. The second-order valence-corrected chi connectivity index (χ2v) is 6.39. The maximum Gasteiger partial charge on any atom is 0.339 e. The van der Waals surface area contributed by atoms with Crippen LogP contribution in [0.5, 0.6) is 5.75 Å². The van der Waals surface area contributed by atoms with E-state index in [0.29, 0.717) is 11.3 Å². The fourth-order valence-corrected chi connectivity index (χ4v) is 3.26. The van der Waals surface area contributed by atoms with Crippen LogP contribution in [0.15, 0.2) is 21.3 Å². The Morgan fingerprint density at radius 2 is 1.91 bits per heavy atom. The highest BCUT2D eigenvalue weighted by Gasteiger charge is 2.32. The lowest BCUT2D eigenvalue weighted by molar-refractivity contribution is -0.135. The van der Waals surface area contributed by atoms with Crippen molar-refractivity contribution in [2.75, 3.05) is 0 Å². The minimum Gasteiger partial charge on any atom is -0.426 e. The highest BCUT2D eigenvalue weighted by molar-refractivity contribution is 5.91. The second kappa shape index (κ2) is 4.97. The van der Waals surface area contributed by atoms with Crippen LogP contribution in [0.25, 0.3) is 11.0 Å². The molecule has 0 radical (unpaired) electrons. The van der Waals surface area contributed by atoms with E-state index in [9.17, 15) is 9.59 Å². The van der Waals surface area contributed by atoms with Crippen LogP contribution in [0.1, 0.15) is 42.4 Å². The number of fused-ring (bicyclic) bond motifs is 3. The van der Waals surface area contributed by atoms with Gasteiger partial charge in [0.05, 0.1) is 11.3 Å². The molecule has 4 nitrogen and oxygen atoms in total. The van der Waals surface area contributed by atoms with E-state index in [2.05, 4.69) is 0 Å². The van der Waals surface area contributed by atoms with Crippen LogP contribution in [0, 0.1) is 12.8 Å². The van der Waals surface area contributed by atoms with Gasteiger partial charge in [-0.3, -0.25) is 4.79 Å². The minimum atomic E-state index is -0.243. The summed E-state index contributed by atoms with van der Waals surface area (Å²) in [5.74, 6) is 0.429. The monoisotopic (exact) mass is 298 g/mol. The molecular weight excluding hydrogens is 280 g/mol. The summed E-state index contributed by atoms with van der Waals surface area (Å²) in [4.78, 5) is 24.2. The first kappa shape index (κ1) is 13.6. The predicted octanol–water partition coefficient (Wildman–Crippen LogP) is 3.30. The summed E-state index contributed by atoms with van der Waals surface area (Å²) < 4.78 is 11.1. The van der Waals surface area contributed by atoms with E-state index in [4.69, 9.17) is 9.15 Å². The molecule has 1 heterocycles. The number of carbonyl (C=O) groups is 1. The molecule has 0 N–H and O–H groups in total. The molecule has 1 aromatic heterocycles. The number of ether oxygens (including phenoxy) is 1. The maximum absolute atomic E-state index is 12.2. The third kappa shape index (κ3) is 2.23. The van der Waals surface area contributed by atoms with E-state index in [-0.39, 0.29) is 17.5 Å². The first-order valence-electron chi connectivity index (χ1n) is 7.94. The van der Waals surface area contributed by atoms with Crippen LogP contribution < -0.4 is 10.4 Å². The number of carbonyl (C=O) groups excluding carboxylic acids is 1. The van der Waals surface area contributed by atoms with Crippen LogP contribution in [0.3, 0.4) is 0 Å². The molecule has 4 rings (SSSR count). The van der Waals surface area contributed by atoms with Crippen molar-refractivity contribution in [3.63, 3.8) is 0 Å². The molecule has 0 saturated heterocycles. The molecule has 2 aliphatic rings. The molecule has 2 aromatic rings. The van der Waals surface area contributed by atoms with E-state index in [1.54, 1.807) is 0 Å². The van der Waals surface area contributed by atoms with Crippen molar-refractivity contribution in [2.45, 2.75) is 45.4 Å². The summed E-state index contributed by atoms with van der Waals surface area (Å²) in [7, 11) is 0. The summed E-state index contributed by atoms with van der Waals surface area (Å²) in [6, 6.07) is 3.72. The Labute approximate surface area is 128 Å². The number of aryl methyl sites for hydroxylation is 2. The van der Waals surface area contributed by atoms with Crippen LogP contribution in [-0.4, -0.2) is 5.97 Å². The maximum atomic E-state index is 12.2. The average Bonchev–Trinajstić information content (AvgIpc) is 3.31. The number of rotatable bonds is 2. The molecule has 0 spiro atoms. The Bertz CT molecular complexity index is 827. The summed E-state index contributed by atoms with van der Waals surface area (Å²) in [6.45, 7) is 1.91. The van der Waals surface area contributed by atoms with Gasteiger partial charge in [-0.05, 0) is 68.7 Å². The lowest BCUT2D eigenvalue weighted by atomic mass is 9.90. The molecule has 22 heavy (non-hydrogen) atoms. The highest BCUT2D eigenvalue weighted by Crippen LogP contribution is 2.37. The zero-order chi connectivity index (χ0) is 15.3. The molecule has 1 fully saturated rings. The van der Waals surface area contributed by atoms with Gasteiger partial charge < -0.3 is 9.15 Å². The lowest BCUT2D eigenvalue weighted by Gasteiger charge is -2.18. The molecule has 0 amide bonds. The summed E-state index contributed by atoms with van der Waals surface area (Å²) in [5, 5.41) is 0.814. The Balaban J connectivity index is 1.94. The number of esters is 1. The van der Waals surface area contributed by atoms with E-state index in [0.717, 1.165) is 60.6 Å². The molecule has 0 atom stereocenters. The van der Waals surface area contributed by atoms with Crippen LogP contribution in [0.4, 0.5) is 0 Å². The molecule has 0 aliphatic heterocycles. The zero-order valence-corrected chi connectivity index (χ0v) is 12.6. The van der Waals surface area contributed by atoms with Gasteiger partial charge in [0.15, 0.2) is 0 Å². The van der Waals surface area contributed by atoms with Crippen molar-refractivity contribution >= 4 is 16.9 Å². The van der Waals surface area contributed by atoms with Crippen molar-refractivity contribution < 1.29 is 13.9 Å². The average molecular weight is 298 g/mol. The topological polar surface area (TPSA) is 56.5 Å². The third-order valence-electron chi connectivity index (χ3n) is 4.55. The van der Waals surface area contributed by atoms with Gasteiger partial charge in [0.2, 0.25) is 0 Å². The number of hydrogen-bond acceptors (Lipinski definition) is 4. The van der Waals surface area contributed by atoms with E-state index >= 15 is 0 Å². The lowest BCUT2D eigenvalue weighted by Crippen LogP contribution is -2.17. The fraction of sp³-hybridized carbons (Fsp3) is 0.444. The van der Waals surface area contributed by atoms with Crippen molar-refractivity contribution in [2.24, 2.45) is 5.92 Å². The van der Waals surface area contributed by atoms with Gasteiger partial charge in [-0.25, -0.2) is 4.79 Å². The molecular formula is C18H18O4. The van der Waals surface area contributed by atoms with Crippen molar-refractivity contribution in [1.29, 1.82) is 0 Å². The van der Waals surface area contributed by atoms with Gasteiger partial charge in [-0.1, -0.05) is 0 Å². The standard InChI is InChI=1S/C18H18O4/c1-10-8-14(21-17(19)11-6-7-11)16-12-4-2-3-5-13(12)18(20)22-15(16)9-10/h8-9,11H,2-7H2,1H3. The molecule has 1 aromatic carbocycles. The predicted molar refractivity (Wildman–Crippen MR) is 82.2 cm³/mol. The van der Waals surface area contributed by atoms with E-state index < -0.39 is 0 Å². The fourth-order valence-electron chi connectivity index (χ4n) is 3.26. The highest BCUT2D eigenvalue weighted by atomic mass is 16.5. The normalized spacial score (nSPS) is 17.3. The van der Waals surface area contributed by atoms with Crippen LogP contribution in [0.2, 0.25) is 0 Å². The molecule has 0 bridgehead atoms. The van der Waals surface area contributed by atoms with Gasteiger partial charge >= 0.3 is 11.6 Å². The molecule has 114 valence electrons. The van der Waals surface area contributed by atoms with Crippen molar-refractivity contribution in [3.8, 4) is 5.75 Å². The molecule has 1 saturated carbocycles. The Morgan fingerprint density at radius 1 is 1.18 bits per heavy atom. The first-order chi connectivity index (χ1) is 10.6. The van der Waals surface area contributed by atoms with Gasteiger partial charge in [0, 0.05) is 5.56 Å². The number of benzene rings is 1. The third-order valence-corrected chi connectivity index (χ3v) is 4.55. The minimum absolute atomic E-state index is 0.0436. The first-order valence-corrected chi connectivity index (χ1v) is 7.94. The second-order valence-electron chi connectivity index (χ2n) is 6.39. The number of hydrogen-bond donors (Lipinski definition) is 0. The Kier molecular flexibility index (Phi) is 3.06. The van der Waals surface area contributed by atoms with Crippen molar-refractivity contribution in [3.05, 3.63) is 39.2 Å². The SMILES string of the molecule is Cc1cc(OC(=O)C2CC2)c2c3c(c(=O)oc2c1)CCCC3. The Hall–Kier alpha value is -2.10. The molecule has 2 aliphatic carbocycles. The van der Waals surface area contributed by atoms with E-state index in [1.165, 1.54) is 0 Å². The quantitative estimate of drug-likeness (QED) is 0.485. The molecule has 4 heteroatoms. The molecule has 0 unspecified atom stereocenters. The summed E-state index contributed by atoms with van der Waals surface area (Å²) in [5.41, 5.74) is 2.98. The van der Waals surface area contributed by atoms with Crippen molar-refractivity contribution in [1.82, 2.24) is 0 Å².